The summed E-state index contributed by atoms with van der Waals surface area (Å²) in [5.41, 5.74) is 1.22. The molecule has 114 valence electrons. The summed E-state index contributed by atoms with van der Waals surface area (Å²) in [7, 11) is 1.68. The van der Waals surface area contributed by atoms with Gasteiger partial charge in [-0.05, 0) is 36.5 Å². The maximum absolute atomic E-state index is 5.87. The summed E-state index contributed by atoms with van der Waals surface area (Å²) >= 11 is 0. The molecule has 0 amide bonds. The number of nitrogens with one attached hydrogen (secondary N) is 1. The molecule has 3 nitrogen and oxygen atoms in total. The van der Waals surface area contributed by atoms with Crippen LogP contribution < -0.4 is 14.8 Å². The van der Waals surface area contributed by atoms with Gasteiger partial charge >= 0.3 is 0 Å². The minimum absolute atomic E-state index is 0.479. The number of ether oxygens (including phenoxy) is 2. The highest BCUT2D eigenvalue weighted by Gasteiger charge is 2.06. The molecule has 0 saturated carbocycles. The Kier molecular flexibility index (Phi) is 7.45. The van der Waals surface area contributed by atoms with Gasteiger partial charge < -0.3 is 14.8 Å². The fraction of sp³-hybridized carbons (Fsp3) is 0.647. The van der Waals surface area contributed by atoms with E-state index in [0.717, 1.165) is 37.0 Å². The van der Waals surface area contributed by atoms with E-state index in [0.29, 0.717) is 6.04 Å². The number of rotatable bonds is 9. The summed E-state index contributed by atoms with van der Waals surface area (Å²) < 4.78 is 11.2. The summed E-state index contributed by atoms with van der Waals surface area (Å²) in [6.07, 6.45) is 2.27. The first-order chi connectivity index (χ1) is 9.52. The number of methoxy groups -OCH3 is 1. The molecule has 0 fully saturated rings. The molecular formula is C17H29NO2. The Balaban J connectivity index is 2.58. The Hall–Kier alpha value is -1.22. The van der Waals surface area contributed by atoms with E-state index in [1.54, 1.807) is 7.11 Å². The highest BCUT2D eigenvalue weighted by Crippen LogP contribution is 2.28. The zero-order valence-electron chi connectivity index (χ0n) is 13.5. The summed E-state index contributed by atoms with van der Waals surface area (Å²) in [4.78, 5) is 0. The van der Waals surface area contributed by atoms with Gasteiger partial charge in [0.2, 0.25) is 0 Å². The van der Waals surface area contributed by atoms with E-state index in [2.05, 4.69) is 45.1 Å². The molecule has 0 aliphatic heterocycles. The maximum Gasteiger partial charge on any atom is 0.161 e. The van der Waals surface area contributed by atoms with Gasteiger partial charge in [-0.1, -0.05) is 33.8 Å². The van der Waals surface area contributed by atoms with Crippen LogP contribution in [-0.4, -0.2) is 19.8 Å². The van der Waals surface area contributed by atoms with E-state index in [4.69, 9.17) is 9.47 Å². The smallest absolute Gasteiger partial charge is 0.161 e. The summed E-state index contributed by atoms with van der Waals surface area (Å²) in [6.45, 7) is 10.4. The van der Waals surface area contributed by atoms with Gasteiger partial charge in [0, 0.05) is 12.6 Å². The molecule has 0 atom stereocenters. The van der Waals surface area contributed by atoms with Gasteiger partial charge in [-0.2, -0.15) is 0 Å². The van der Waals surface area contributed by atoms with Crippen molar-refractivity contribution in [1.82, 2.24) is 5.32 Å². The van der Waals surface area contributed by atoms with Crippen molar-refractivity contribution in [3.8, 4) is 11.5 Å². The normalized spacial score (nSPS) is 11.2. The summed E-state index contributed by atoms with van der Waals surface area (Å²) in [5, 5.41) is 3.41. The molecule has 0 radical (unpaired) electrons. The Morgan fingerprint density at radius 1 is 1.10 bits per heavy atom. The average Bonchev–Trinajstić information content (AvgIpc) is 2.41. The Morgan fingerprint density at radius 2 is 1.85 bits per heavy atom. The van der Waals surface area contributed by atoms with Crippen molar-refractivity contribution in [3.63, 3.8) is 0 Å². The van der Waals surface area contributed by atoms with Crippen molar-refractivity contribution in [2.75, 3.05) is 13.7 Å². The van der Waals surface area contributed by atoms with Crippen LogP contribution in [0.25, 0.3) is 0 Å². The first-order valence-electron chi connectivity index (χ1n) is 7.56. The van der Waals surface area contributed by atoms with Gasteiger partial charge in [-0.3, -0.25) is 0 Å². The molecule has 0 unspecified atom stereocenters. The standard InChI is InChI=1S/C17H29NO2/c1-13(2)7-6-10-20-17-11-15(12-18-14(3)4)8-9-16(17)19-5/h8-9,11,13-14,18H,6-7,10,12H2,1-5H3. The van der Waals surface area contributed by atoms with E-state index in [-0.39, 0.29) is 0 Å². The number of benzene rings is 1. The Bertz CT molecular complexity index is 389. The minimum atomic E-state index is 0.479. The lowest BCUT2D eigenvalue weighted by molar-refractivity contribution is 0.279. The van der Waals surface area contributed by atoms with Crippen molar-refractivity contribution in [2.24, 2.45) is 5.92 Å². The molecule has 1 rings (SSSR count). The molecule has 0 spiro atoms. The fourth-order valence-electron chi connectivity index (χ4n) is 1.94. The van der Waals surface area contributed by atoms with Crippen LogP contribution >= 0.6 is 0 Å². The highest BCUT2D eigenvalue weighted by atomic mass is 16.5. The fourth-order valence-corrected chi connectivity index (χ4v) is 1.94. The molecule has 0 heterocycles. The minimum Gasteiger partial charge on any atom is -0.493 e. The lowest BCUT2D eigenvalue weighted by atomic mass is 10.1. The first kappa shape index (κ1) is 16.8. The molecule has 0 aliphatic rings. The van der Waals surface area contributed by atoms with Gasteiger partial charge in [0.1, 0.15) is 0 Å². The molecule has 1 N–H and O–H groups in total. The van der Waals surface area contributed by atoms with Crippen LogP contribution in [0.1, 0.15) is 46.1 Å². The molecule has 1 aromatic rings. The largest absolute Gasteiger partial charge is 0.493 e. The number of hydrogen-bond donors (Lipinski definition) is 1. The predicted octanol–water partition coefficient (Wildman–Crippen LogP) is 4.01. The van der Waals surface area contributed by atoms with Gasteiger partial charge in [0.05, 0.1) is 13.7 Å². The number of hydrogen-bond acceptors (Lipinski definition) is 3. The molecular weight excluding hydrogens is 250 g/mol. The van der Waals surface area contributed by atoms with Gasteiger partial charge in [0.15, 0.2) is 11.5 Å². The average molecular weight is 279 g/mol. The van der Waals surface area contributed by atoms with Crippen LogP contribution in [0.3, 0.4) is 0 Å². The van der Waals surface area contributed by atoms with E-state index in [1.807, 2.05) is 6.07 Å². The van der Waals surface area contributed by atoms with Crippen molar-refractivity contribution < 1.29 is 9.47 Å². The van der Waals surface area contributed by atoms with E-state index in [1.165, 1.54) is 12.0 Å². The third-order valence-corrected chi connectivity index (χ3v) is 3.13. The van der Waals surface area contributed by atoms with E-state index < -0.39 is 0 Å². The molecule has 1 aromatic carbocycles. The summed E-state index contributed by atoms with van der Waals surface area (Å²) in [6, 6.07) is 6.61. The Labute approximate surface area is 123 Å². The second kappa shape index (κ2) is 8.85. The van der Waals surface area contributed by atoms with Gasteiger partial charge in [0.25, 0.3) is 0 Å². The molecule has 0 aromatic heterocycles. The van der Waals surface area contributed by atoms with E-state index >= 15 is 0 Å². The van der Waals surface area contributed by atoms with Gasteiger partial charge in [-0.15, -0.1) is 0 Å². The Morgan fingerprint density at radius 3 is 2.45 bits per heavy atom. The molecule has 0 aliphatic carbocycles. The predicted molar refractivity (Wildman–Crippen MR) is 84.5 cm³/mol. The third kappa shape index (κ3) is 6.29. The third-order valence-electron chi connectivity index (χ3n) is 3.13. The van der Waals surface area contributed by atoms with E-state index in [9.17, 15) is 0 Å². The second-order valence-corrected chi connectivity index (χ2v) is 5.91. The quantitative estimate of drug-likeness (QED) is 0.693. The van der Waals surface area contributed by atoms with Crippen molar-refractivity contribution >= 4 is 0 Å². The van der Waals surface area contributed by atoms with Crippen LogP contribution in [0.4, 0.5) is 0 Å². The zero-order valence-corrected chi connectivity index (χ0v) is 13.5. The first-order valence-corrected chi connectivity index (χ1v) is 7.56. The molecule has 3 heteroatoms. The van der Waals surface area contributed by atoms with Crippen molar-refractivity contribution in [2.45, 2.75) is 53.1 Å². The van der Waals surface area contributed by atoms with Crippen LogP contribution in [0.2, 0.25) is 0 Å². The maximum atomic E-state index is 5.87. The molecule has 20 heavy (non-hydrogen) atoms. The van der Waals surface area contributed by atoms with Crippen LogP contribution in [0.15, 0.2) is 18.2 Å². The second-order valence-electron chi connectivity index (χ2n) is 5.91. The SMILES string of the molecule is COc1ccc(CNC(C)C)cc1OCCCC(C)C. The van der Waals surface area contributed by atoms with Gasteiger partial charge in [-0.25, -0.2) is 0 Å². The van der Waals surface area contributed by atoms with Crippen molar-refractivity contribution in [3.05, 3.63) is 23.8 Å². The molecule has 0 bridgehead atoms. The van der Waals surface area contributed by atoms with Crippen LogP contribution in [0, 0.1) is 5.92 Å². The highest BCUT2D eigenvalue weighted by molar-refractivity contribution is 5.42. The molecule has 0 saturated heterocycles. The zero-order chi connectivity index (χ0) is 15.0. The topological polar surface area (TPSA) is 30.5 Å². The lowest BCUT2D eigenvalue weighted by Gasteiger charge is -2.14. The van der Waals surface area contributed by atoms with Crippen LogP contribution in [-0.2, 0) is 6.54 Å². The summed E-state index contributed by atoms with van der Waals surface area (Å²) in [5.74, 6) is 2.38. The lowest BCUT2D eigenvalue weighted by Crippen LogP contribution is -2.21. The monoisotopic (exact) mass is 279 g/mol. The van der Waals surface area contributed by atoms with Crippen LogP contribution in [0.5, 0.6) is 11.5 Å². The van der Waals surface area contributed by atoms with Crippen molar-refractivity contribution in [1.29, 1.82) is 0 Å².